The Morgan fingerprint density at radius 2 is 2.22 bits per heavy atom. The Kier molecular flexibility index (Phi) is 4.37. The second kappa shape index (κ2) is 4.54. The van der Waals surface area contributed by atoms with Gasteiger partial charge < -0.3 is 0 Å². The van der Waals surface area contributed by atoms with Gasteiger partial charge in [-0.3, -0.25) is 4.79 Å². The molecule has 1 nitrogen and oxygen atoms in total. The Morgan fingerprint density at radius 1 is 1.67 bits per heavy atom. The first-order chi connectivity index (χ1) is 4.18. The first kappa shape index (κ1) is 8.67. The van der Waals surface area contributed by atoms with Crippen LogP contribution in [0.1, 0.15) is 42.9 Å². The molecule has 0 fully saturated rings. The molecule has 0 amide bonds. The van der Waals surface area contributed by atoms with Gasteiger partial charge in [0, 0.05) is 8.77 Å². The van der Waals surface area contributed by atoms with Crippen molar-refractivity contribution in [1.82, 2.24) is 0 Å². The molecule has 0 bridgehead atoms. The lowest BCUT2D eigenvalue weighted by atomic mass is 10.0. The fraction of sp³-hybridized carbons (Fsp3) is 0.875. The number of unbranched alkanes of at least 4 members (excludes halogenated alkanes) is 1. The van der Waals surface area contributed by atoms with E-state index in [0.717, 1.165) is 6.42 Å². The molecular formula is C8H20O. The lowest BCUT2D eigenvalue weighted by Gasteiger charge is -2.03. The topological polar surface area (TPSA) is 17.1 Å². The average Bonchev–Trinajstić information content (AvgIpc) is 1.82. The van der Waals surface area contributed by atoms with E-state index in [0.29, 0.717) is 5.78 Å². The second-order valence-electron chi connectivity index (χ2n) is 2.65. The molecule has 58 valence electrons. The standard InChI is InChI=1S/C8H16O.2H2/c1-4-5-6-7(2)8(3)9;;/h7H,4-6H2,1-3H3;2*1H/t7-;;/m1../s1. The predicted octanol–water partition coefficient (Wildman–Crippen LogP) is 2.89. The highest BCUT2D eigenvalue weighted by atomic mass is 16.1. The van der Waals surface area contributed by atoms with Crippen LogP contribution in [-0.4, -0.2) is 5.78 Å². The molecule has 0 rings (SSSR count). The maximum atomic E-state index is 10.6. The Balaban J connectivity index is -0.000000320. The maximum absolute atomic E-state index is 10.6. The minimum atomic E-state index is 0. The molecule has 0 aliphatic carbocycles. The summed E-state index contributed by atoms with van der Waals surface area (Å²) in [6.45, 7) is 5.81. The van der Waals surface area contributed by atoms with Crippen molar-refractivity contribution in [1.29, 1.82) is 0 Å². The van der Waals surface area contributed by atoms with E-state index in [4.69, 9.17) is 0 Å². The van der Waals surface area contributed by atoms with Crippen LogP contribution < -0.4 is 0 Å². The van der Waals surface area contributed by atoms with Gasteiger partial charge in [0.05, 0.1) is 0 Å². The number of ketones is 1. The number of hydrogen-bond acceptors (Lipinski definition) is 1. The molecule has 0 saturated heterocycles. The van der Waals surface area contributed by atoms with Crippen LogP contribution in [0.25, 0.3) is 0 Å². The molecule has 0 radical (unpaired) electrons. The number of carbonyl (C=O) groups is 1. The summed E-state index contributed by atoms with van der Waals surface area (Å²) in [5.74, 6) is 0.605. The number of carbonyl (C=O) groups excluding carboxylic acids is 1. The first-order valence-electron chi connectivity index (χ1n) is 3.69. The summed E-state index contributed by atoms with van der Waals surface area (Å²) in [6.07, 6.45) is 3.43. The van der Waals surface area contributed by atoms with Crippen molar-refractivity contribution < 1.29 is 7.65 Å². The van der Waals surface area contributed by atoms with Gasteiger partial charge in [0.25, 0.3) is 0 Å². The molecule has 0 saturated carbocycles. The molecule has 1 atom stereocenters. The fourth-order valence-electron chi connectivity index (χ4n) is 0.714. The lowest BCUT2D eigenvalue weighted by Crippen LogP contribution is -2.05. The zero-order valence-corrected chi connectivity index (χ0v) is 6.61. The van der Waals surface area contributed by atoms with E-state index in [1.54, 1.807) is 6.92 Å². The SMILES string of the molecule is CCCC[C@@H](C)C(C)=O.[HH].[HH]. The van der Waals surface area contributed by atoms with Crippen LogP contribution in [-0.2, 0) is 4.79 Å². The molecule has 0 spiro atoms. The van der Waals surface area contributed by atoms with E-state index >= 15 is 0 Å². The Hall–Kier alpha value is -0.330. The van der Waals surface area contributed by atoms with Gasteiger partial charge in [-0.25, -0.2) is 0 Å². The molecule has 0 aliphatic heterocycles. The molecular weight excluding hydrogens is 112 g/mol. The van der Waals surface area contributed by atoms with Gasteiger partial charge in [-0.2, -0.15) is 0 Å². The highest BCUT2D eigenvalue weighted by molar-refractivity contribution is 5.77. The van der Waals surface area contributed by atoms with Crippen LogP contribution in [0.3, 0.4) is 0 Å². The van der Waals surface area contributed by atoms with Crippen LogP contribution in [0.15, 0.2) is 0 Å². The van der Waals surface area contributed by atoms with Gasteiger partial charge in [-0.1, -0.05) is 26.7 Å². The summed E-state index contributed by atoms with van der Waals surface area (Å²) in [5, 5.41) is 0. The van der Waals surface area contributed by atoms with Crippen LogP contribution in [0.5, 0.6) is 0 Å². The van der Waals surface area contributed by atoms with E-state index in [-0.39, 0.29) is 8.77 Å². The molecule has 0 N–H and O–H groups in total. The molecule has 1 heteroatoms. The summed E-state index contributed by atoms with van der Waals surface area (Å²) < 4.78 is 0. The van der Waals surface area contributed by atoms with Crippen molar-refractivity contribution in [3.05, 3.63) is 0 Å². The molecule has 0 aromatic carbocycles. The molecule has 9 heavy (non-hydrogen) atoms. The third kappa shape index (κ3) is 4.19. The predicted molar refractivity (Wildman–Crippen MR) is 43.6 cm³/mol. The lowest BCUT2D eigenvalue weighted by molar-refractivity contribution is -0.120. The van der Waals surface area contributed by atoms with Gasteiger partial charge in [0.2, 0.25) is 0 Å². The molecule has 0 aromatic heterocycles. The van der Waals surface area contributed by atoms with Gasteiger partial charge >= 0.3 is 0 Å². The molecule has 0 aromatic rings. The summed E-state index contributed by atoms with van der Waals surface area (Å²) in [6, 6.07) is 0. The van der Waals surface area contributed by atoms with Gasteiger partial charge in [0.1, 0.15) is 5.78 Å². The zero-order valence-electron chi connectivity index (χ0n) is 6.61. The van der Waals surface area contributed by atoms with Gasteiger partial charge in [0.15, 0.2) is 0 Å². The minimum absolute atomic E-state index is 0. The summed E-state index contributed by atoms with van der Waals surface area (Å²) in [7, 11) is 0. The number of rotatable bonds is 4. The average molecular weight is 132 g/mol. The van der Waals surface area contributed by atoms with Crippen molar-refractivity contribution in [3.8, 4) is 0 Å². The van der Waals surface area contributed by atoms with Crippen molar-refractivity contribution in [2.75, 3.05) is 0 Å². The van der Waals surface area contributed by atoms with E-state index in [2.05, 4.69) is 6.92 Å². The minimum Gasteiger partial charge on any atom is -0.300 e. The summed E-state index contributed by atoms with van der Waals surface area (Å²) in [4.78, 5) is 10.6. The third-order valence-corrected chi connectivity index (χ3v) is 1.68. The van der Waals surface area contributed by atoms with E-state index in [9.17, 15) is 4.79 Å². The maximum Gasteiger partial charge on any atom is 0.132 e. The van der Waals surface area contributed by atoms with Crippen molar-refractivity contribution in [2.45, 2.75) is 40.0 Å². The normalized spacial score (nSPS) is 13.2. The number of Topliss-reactive ketones (excluding diaryl/α,β-unsaturated/α-hetero) is 1. The Morgan fingerprint density at radius 3 is 2.56 bits per heavy atom. The zero-order chi connectivity index (χ0) is 7.28. The van der Waals surface area contributed by atoms with E-state index < -0.39 is 0 Å². The van der Waals surface area contributed by atoms with Gasteiger partial charge in [-0.15, -0.1) is 0 Å². The van der Waals surface area contributed by atoms with Gasteiger partial charge in [-0.05, 0) is 13.3 Å². The largest absolute Gasteiger partial charge is 0.300 e. The highest BCUT2D eigenvalue weighted by Crippen LogP contribution is 2.07. The molecule has 0 heterocycles. The second-order valence-corrected chi connectivity index (χ2v) is 2.65. The first-order valence-corrected chi connectivity index (χ1v) is 3.69. The van der Waals surface area contributed by atoms with Crippen LogP contribution >= 0.6 is 0 Å². The molecule has 0 unspecified atom stereocenters. The van der Waals surface area contributed by atoms with Crippen LogP contribution in [0.2, 0.25) is 0 Å². The highest BCUT2D eigenvalue weighted by Gasteiger charge is 2.04. The Bertz CT molecular complexity index is 94.1. The van der Waals surface area contributed by atoms with Crippen molar-refractivity contribution in [3.63, 3.8) is 0 Å². The smallest absolute Gasteiger partial charge is 0.132 e. The van der Waals surface area contributed by atoms with E-state index in [1.807, 2.05) is 6.92 Å². The number of hydrogen-bond donors (Lipinski definition) is 0. The monoisotopic (exact) mass is 132 g/mol. The van der Waals surface area contributed by atoms with Crippen LogP contribution in [0.4, 0.5) is 0 Å². The van der Waals surface area contributed by atoms with Crippen LogP contribution in [0, 0.1) is 5.92 Å². The third-order valence-electron chi connectivity index (χ3n) is 1.68. The van der Waals surface area contributed by atoms with Crippen molar-refractivity contribution in [2.24, 2.45) is 5.92 Å². The van der Waals surface area contributed by atoms with E-state index in [1.165, 1.54) is 12.8 Å². The summed E-state index contributed by atoms with van der Waals surface area (Å²) >= 11 is 0. The molecule has 0 aliphatic rings. The Labute approximate surface area is 60.4 Å². The quantitative estimate of drug-likeness (QED) is 0.575. The van der Waals surface area contributed by atoms with Crippen molar-refractivity contribution >= 4 is 5.78 Å². The fourth-order valence-corrected chi connectivity index (χ4v) is 0.714. The summed E-state index contributed by atoms with van der Waals surface area (Å²) in [5.41, 5.74) is 0.